The summed E-state index contributed by atoms with van der Waals surface area (Å²) in [6, 6.07) is 25.4. The van der Waals surface area contributed by atoms with E-state index in [1.165, 1.54) is 11.3 Å². The molecule has 1 atom stereocenters. The molecule has 5 rings (SSSR count). The van der Waals surface area contributed by atoms with E-state index in [1.807, 2.05) is 77.8 Å². The first kappa shape index (κ1) is 25.4. The van der Waals surface area contributed by atoms with Crippen LogP contribution in [-0.4, -0.2) is 66.0 Å². The maximum atomic E-state index is 13.7. The van der Waals surface area contributed by atoms with Gasteiger partial charge in [-0.25, -0.2) is 4.79 Å². The lowest BCUT2D eigenvalue weighted by molar-refractivity contribution is -0.132. The number of aromatic nitrogens is 1. The fraction of sp³-hybridized carbons (Fsp3) is 0.290. The minimum Gasteiger partial charge on any atom is -0.368 e. The highest BCUT2D eigenvalue weighted by Crippen LogP contribution is 2.22. The number of carbonyl (C=O) groups excluding carboxylic acids is 2. The molecule has 196 valence electrons. The van der Waals surface area contributed by atoms with E-state index in [-0.39, 0.29) is 11.9 Å². The standard InChI is InChI=1S/C31H35N5O2/c1-23-10-6-9-15-29(23)35-16-18-36(19-17-35)31(38)33-28(20-25-21-32-27-14-8-7-13-26(25)27)30(37)34(2)22-24-11-4-3-5-12-24/h3-15,21,28,32H,16-20,22H2,1-2H3,(H,33,38)/t28-/m0/s1. The second-order valence-electron chi connectivity index (χ2n) is 10.0. The predicted octanol–water partition coefficient (Wildman–Crippen LogP) is 4.58. The van der Waals surface area contributed by atoms with E-state index >= 15 is 0 Å². The van der Waals surface area contributed by atoms with Crippen LogP contribution in [0.15, 0.2) is 85.1 Å². The Morgan fingerprint density at radius 3 is 2.37 bits per heavy atom. The number of aromatic amines is 1. The number of piperazine rings is 1. The van der Waals surface area contributed by atoms with Gasteiger partial charge in [0.15, 0.2) is 0 Å². The Bertz CT molecular complexity index is 1390. The van der Waals surface area contributed by atoms with Crippen LogP contribution in [0.5, 0.6) is 0 Å². The molecular formula is C31H35N5O2. The molecule has 0 unspecified atom stereocenters. The summed E-state index contributed by atoms with van der Waals surface area (Å²) in [5.74, 6) is -0.106. The van der Waals surface area contributed by atoms with E-state index in [0.717, 1.165) is 35.1 Å². The molecular weight excluding hydrogens is 474 g/mol. The number of para-hydroxylation sites is 2. The summed E-state index contributed by atoms with van der Waals surface area (Å²) in [4.78, 5) is 36.2. The van der Waals surface area contributed by atoms with Crippen molar-refractivity contribution in [2.45, 2.75) is 25.9 Å². The van der Waals surface area contributed by atoms with Crippen LogP contribution in [0.1, 0.15) is 16.7 Å². The maximum Gasteiger partial charge on any atom is 0.318 e. The molecule has 1 fully saturated rings. The highest BCUT2D eigenvalue weighted by molar-refractivity contribution is 5.89. The van der Waals surface area contributed by atoms with Crippen LogP contribution in [0.2, 0.25) is 0 Å². The van der Waals surface area contributed by atoms with Crippen LogP contribution in [0.25, 0.3) is 10.9 Å². The van der Waals surface area contributed by atoms with Crippen molar-refractivity contribution >= 4 is 28.5 Å². The zero-order chi connectivity index (χ0) is 26.5. The summed E-state index contributed by atoms with van der Waals surface area (Å²) < 4.78 is 0. The molecule has 2 N–H and O–H groups in total. The van der Waals surface area contributed by atoms with Crippen LogP contribution in [0.3, 0.4) is 0 Å². The number of amides is 3. The Morgan fingerprint density at radius 2 is 1.61 bits per heavy atom. The highest BCUT2D eigenvalue weighted by atomic mass is 16.2. The smallest absolute Gasteiger partial charge is 0.318 e. The number of nitrogens with zero attached hydrogens (tertiary/aromatic N) is 3. The van der Waals surface area contributed by atoms with Crippen molar-refractivity contribution in [1.29, 1.82) is 0 Å². The average Bonchev–Trinajstić information content (AvgIpc) is 3.36. The van der Waals surface area contributed by atoms with Gasteiger partial charge in [0.05, 0.1) is 0 Å². The molecule has 1 saturated heterocycles. The number of aryl methyl sites for hydroxylation is 1. The normalized spacial score (nSPS) is 14.4. The van der Waals surface area contributed by atoms with Gasteiger partial charge in [-0.1, -0.05) is 66.7 Å². The van der Waals surface area contributed by atoms with Crippen molar-refractivity contribution in [2.24, 2.45) is 0 Å². The quantitative estimate of drug-likeness (QED) is 0.383. The number of rotatable bonds is 7. The Balaban J connectivity index is 1.29. The summed E-state index contributed by atoms with van der Waals surface area (Å²) in [7, 11) is 1.80. The lowest BCUT2D eigenvalue weighted by Crippen LogP contribution is -2.56. The van der Waals surface area contributed by atoms with Gasteiger partial charge in [-0.2, -0.15) is 0 Å². The molecule has 3 amide bonds. The summed E-state index contributed by atoms with van der Waals surface area (Å²) >= 11 is 0. The number of anilines is 1. The topological polar surface area (TPSA) is 71.7 Å². The maximum absolute atomic E-state index is 13.7. The van der Waals surface area contributed by atoms with Gasteiger partial charge in [0.2, 0.25) is 5.91 Å². The van der Waals surface area contributed by atoms with E-state index in [0.29, 0.717) is 26.1 Å². The average molecular weight is 510 g/mol. The Hall–Kier alpha value is -4.26. The largest absolute Gasteiger partial charge is 0.368 e. The van der Waals surface area contributed by atoms with Crippen molar-refractivity contribution < 1.29 is 9.59 Å². The van der Waals surface area contributed by atoms with Gasteiger partial charge in [0.1, 0.15) is 6.04 Å². The Morgan fingerprint density at radius 1 is 0.921 bits per heavy atom. The highest BCUT2D eigenvalue weighted by Gasteiger charge is 2.29. The third-order valence-electron chi connectivity index (χ3n) is 7.36. The molecule has 1 aromatic heterocycles. The van der Waals surface area contributed by atoms with E-state index in [1.54, 1.807) is 11.9 Å². The third kappa shape index (κ3) is 5.67. The van der Waals surface area contributed by atoms with Gasteiger partial charge in [-0.15, -0.1) is 0 Å². The van der Waals surface area contributed by atoms with Crippen molar-refractivity contribution in [3.63, 3.8) is 0 Å². The zero-order valence-corrected chi connectivity index (χ0v) is 22.1. The lowest BCUT2D eigenvalue weighted by atomic mass is 10.0. The fourth-order valence-corrected chi connectivity index (χ4v) is 5.23. The van der Waals surface area contributed by atoms with E-state index < -0.39 is 6.04 Å². The second kappa shape index (κ2) is 11.4. The lowest BCUT2D eigenvalue weighted by Gasteiger charge is -2.37. The van der Waals surface area contributed by atoms with Crippen LogP contribution in [-0.2, 0) is 17.8 Å². The van der Waals surface area contributed by atoms with Crippen LogP contribution < -0.4 is 10.2 Å². The van der Waals surface area contributed by atoms with Crippen molar-refractivity contribution in [3.8, 4) is 0 Å². The molecule has 7 nitrogen and oxygen atoms in total. The molecule has 0 aliphatic carbocycles. The minimum atomic E-state index is -0.676. The number of urea groups is 1. The van der Waals surface area contributed by atoms with Crippen molar-refractivity contribution in [2.75, 3.05) is 38.1 Å². The van der Waals surface area contributed by atoms with Gasteiger partial charge >= 0.3 is 6.03 Å². The number of H-pyrrole nitrogens is 1. The van der Waals surface area contributed by atoms with E-state index in [2.05, 4.69) is 34.3 Å². The fourth-order valence-electron chi connectivity index (χ4n) is 5.23. The monoisotopic (exact) mass is 509 g/mol. The number of benzene rings is 3. The van der Waals surface area contributed by atoms with Gasteiger partial charge in [-0.3, -0.25) is 4.79 Å². The molecule has 2 heterocycles. The molecule has 1 aliphatic rings. The number of likely N-dealkylation sites (N-methyl/N-ethyl adjacent to an activating group) is 1. The van der Waals surface area contributed by atoms with Crippen molar-refractivity contribution in [1.82, 2.24) is 20.1 Å². The Labute approximate surface area is 224 Å². The summed E-state index contributed by atoms with van der Waals surface area (Å²) in [5.41, 5.74) is 5.52. The molecule has 4 aromatic rings. The van der Waals surface area contributed by atoms with Crippen LogP contribution in [0, 0.1) is 6.92 Å². The predicted molar refractivity (Wildman–Crippen MR) is 152 cm³/mol. The van der Waals surface area contributed by atoms with Crippen molar-refractivity contribution in [3.05, 3.63) is 102 Å². The van der Waals surface area contributed by atoms with Crippen LogP contribution in [0.4, 0.5) is 10.5 Å². The molecule has 38 heavy (non-hydrogen) atoms. The summed E-state index contributed by atoms with van der Waals surface area (Å²) in [6.45, 7) is 5.32. The second-order valence-corrected chi connectivity index (χ2v) is 10.0. The molecule has 0 radical (unpaired) electrons. The molecule has 0 bridgehead atoms. The van der Waals surface area contributed by atoms with Gasteiger partial charge < -0.3 is 25.0 Å². The first-order valence-corrected chi connectivity index (χ1v) is 13.2. The molecule has 1 aliphatic heterocycles. The third-order valence-corrected chi connectivity index (χ3v) is 7.36. The van der Waals surface area contributed by atoms with Gasteiger partial charge in [0.25, 0.3) is 0 Å². The molecule has 0 saturated carbocycles. The zero-order valence-electron chi connectivity index (χ0n) is 22.1. The van der Waals surface area contributed by atoms with E-state index in [9.17, 15) is 9.59 Å². The number of hydrogen-bond acceptors (Lipinski definition) is 3. The van der Waals surface area contributed by atoms with E-state index in [4.69, 9.17) is 0 Å². The first-order chi connectivity index (χ1) is 18.5. The molecule has 0 spiro atoms. The first-order valence-electron chi connectivity index (χ1n) is 13.2. The number of hydrogen-bond donors (Lipinski definition) is 2. The summed E-state index contributed by atoms with van der Waals surface area (Å²) in [6.07, 6.45) is 2.35. The number of fused-ring (bicyclic) bond motifs is 1. The van der Waals surface area contributed by atoms with Gasteiger partial charge in [-0.05, 0) is 35.7 Å². The van der Waals surface area contributed by atoms with Gasteiger partial charge in [0, 0.05) is 69.0 Å². The number of carbonyl (C=O) groups is 2. The minimum absolute atomic E-state index is 0.106. The molecule has 3 aromatic carbocycles. The SMILES string of the molecule is Cc1ccccc1N1CCN(C(=O)N[C@@H](Cc2c[nH]c3ccccc23)C(=O)N(C)Cc2ccccc2)CC1. The Kier molecular flexibility index (Phi) is 7.63. The number of nitrogens with one attached hydrogen (secondary N) is 2. The summed E-state index contributed by atoms with van der Waals surface area (Å²) in [5, 5.41) is 4.15. The molecule has 7 heteroatoms. The van der Waals surface area contributed by atoms with Crippen LogP contribution >= 0.6 is 0 Å².